The molecule has 0 amide bonds. The Bertz CT molecular complexity index is 290. The fourth-order valence-corrected chi connectivity index (χ4v) is 1.75. The van der Waals surface area contributed by atoms with Gasteiger partial charge >= 0.3 is 0 Å². The molecule has 1 aromatic rings. The van der Waals surface area contributed by atoms with Gasteiger partial charge in [-0.1, -0.05) is 20.8 Å². The van der Waals surface area contributed by atoms with Gasteiger partial charge in [0.05, 0.1) is 0 Å². The maximum atomic E-state index is 5.26. The summed E-state index contributed by atoms with van der Waals surface area (Å²) in [4.78, 5) is 8.12. The summed E-state index contributed by atoms with van der Waals surface area (Å²) in [7, 11) is 0. The molecule has 1 aromatic heterocycles. The average Bonchev–Trinajstić information content (AvgIpc) is 2.18. The van der Waals surface area contributed by atoms with Gasteiger partial charge in [0.1, 0.15) is 17.2 Å². The van der Waals surface area contributed by atoms with Gasteiger partial charge in [-0.05, 0) is 5.92 Å². The maximum absolute atomic E-state index is 5.26. The van der Waals surface area contributed by atoms with Gasteiger partial charge in [0.15, 0.2) is 0 Å². The number of anilines is 1. The number of hydrazine groups is 1. The molecule has 5 heteroatoms. The lowest BCUT2D eigenvalue weighted by Crippen LogP contribution is -2.09. The van der Waals surface area contributed by atoms with E-state index in [1.807, 2.05) is 6.07 Å². The van der Waals surface area contributed by atoms with Crippen LogP contribution in [0.25, 0.3) is 0 Å². The van der Waals surface area contributed by atoms with Crippen molar-refractivity contribution in [3.8, 4) is 0 Å². The number of nitrogens with zero attached hydrogens (tertiary/aromatic N) is 2. The molecule has 0 saturated carbocycles. The molecule has 0 saturated heterocycles. The number of nitrogens with two attached hydrogens (primary N) is 1. The van der Waals surface area contributed by atoms with Crippen LogP contribution < -0.4 is 11.3 Å². The van der Waals surface area contributed by atoms with Crippen LogP contribution in [0.3, 0.4) is 0 Å². The second-order valence-electron chi connectivity index (χ2n) is 3.45. The standard InChI is InChI=1S/C9H16N4S/c1-6(2)7(3)14-9-4-8(13-10)11-5-12-9/h4-7H,10H2,1-3H3,(H,11,12,13). The minimum atomic E-state index is 0.538. The number of hydrogen-bond acceptors (Lipinski definition) is 5. The van der Waals surface area contributed by atoms with Gasteiger partial charge in [-0.25, -0.2) is 15.8 Å². The highest BCUT2D eigenvalue weighted by molar-refractivity contribution is 7.99. The van der Waals surface area contributed by atoms with Gasteiger partial charge in [0.25, 0.3) is 0 Å². The lowest BCUT2D eigenvalue weighted by molar-refractivity contribution is 0.641. The molecule has 0 aliphatic carbocycles. The first-order valence-corrected chi connectivity index (χ1v) is 5.46. The van der Waals surface area contributed by atoms with Crippen LogP contribution in [0.5, 0.6) is 0 Å². The normalized spacial score (nSPS) is 12.9. The van der Waals surface area contributed by atoms with Crippen LogP contribution in [-0.4, -0.2) is 15.2 Å². The van der Waals surface area contributed by atoms with E-state index in [9.17, 15) is 0 Å². The Labute approximate surface area is 88.7 Å². The van der Waals surface area contributed by atoms with Crippen LogP contribution in [0, 0.1) is 5.92 Å². The van der Waals surface area contributed by atoms with Crippen molar-refractivity contribution in [2.24, 2.45) is 11.8 Å². The van der Waals surface area contributed by atoms with Crippen molar-refractivity contribution in [2.45, 2.75) is 31.0 Å². The zero-order valence-corrected chi connectivity index (χ0v) is 9.51. The molecule has 0 aliphatic rings. The molecule has 0 fully saturated rings. The van der Waals surface area contributed by atoms with Crippen LogP contribution in [0.2, 0.25) is 0 Å². The van der Waals surface area contributed by atoms with E-state index >= 15 is 0 Å². The van der Waals surface area contributed by atoms with Gasteiger partial charge in [-0.15, -0.1) is 11.8 Å². The highest BCUT2D eigenvalue weighted by atomic mass is 32.2. The van der Waals surface area contributed by atoms with Crippen LogP contribution >= 0.6 is 11.8 Å². The summed E-state index contributed by atoms with van der Waals surface area (Å²) in [6.45, 7) is 6.58. The molecule has 0 bridgehead atoms. The summed E-state index contributed by atoms with van der Waals surface area (Å²) in [5, 5.41) is 1.49. The molecule has 1 atom stereocenters. The average molecular weight is 212 g/mol. The van der Waals surface area contributed by atoms with Crippen molar-refractivity contribution < 1.29 is 0 Å². The summed E-state index contributed by atoms with van der Waals surface area (Å²) < 4.78 is 0. The first-order chi connectivity index (χ1) is 6.63. The Kier molecular flexibility index (Phi) is 4.16. The van der Waals surface area contributed by atoms with Gasteiger partial charge in [0, 0.05) is 11.3 Å². The van der Waals surface area contributed by atoms with Gasteiger partial charge in [-0.2, -0.15) is 0 Å². The number of aromatic nitrogens is 2. The minimum absolute atomic E-state index is 0.538. The third-order valence-electron chi connectivity index (χ3n) is 2.04. The molecule has 0 aliphatic heterocycles. The Balaban J connectivity index is 2.66. The predicted molar refractivity (Wildman–Crippen MR) is 60.0 cm³/mol. The summed E-state index contributed by atoms with van der Waals surface area (Å²) >= 11 is 1.73. The third-order valence-corrected chi connectivity index (χ3v) is 3.42. The molecule has 4 nitrogen and oxygen atoms in total. The quantitative estimate of drug-likeness (QED) is 0.345. The summed E-state index contributed by atoms with van der Waals surface area (Å²) in [5.74, 6) is 6.54. The zero-order valence-electron chi connectivity index (χ0n) is 8.69. The molecular weight excluding hydrogens is 196 g/mol. The molecule has 1 rings (SSSR count). The highest BCUT2D eigenvalue weighted by Crippen LogP contribution is 2.26. The van der Waals surface area contributed by atoms with Gasteiger partial charge in [-0.3, -0.25) is 0 Å². The number of nitrogens with one attached hydrogen (secondary N) is 1. The third kappa shape index (κ3) is 3.16. The van der Waals surface area contributed by atoms with E-state index in [2.05, 4.69) is 36.2 Å². The molecule has 0 aromatic carbocycles. The van der Waals surface area contributed by atoms with Gasteiger partial charge in [0.2, 0.25) is 0 Å². The number of thioether (sulfide) groups is 1. The second-order valence-corrected chi connectivity index (χ2v) is 4.85. The number of rotatable bonds is 4. The first kappa shape index (κ1) is 11.3. The maximum Gasteiger partial charge on any atom is 0.144 e. The first-order valence-electron chi connectivity index (χ1n) is 4.58. The topological polar surface area (TPSA) is 63.8 Å². The van der Waals surface area contributed by atoms with Crippen molar-refractivity contribution in [3.05, 3.63) is 12.4 Å². The zero-order chi connectivity index (χ0) is 10.6. The van der Waals surface area contributed by atoms with Crippen molar-refractivity contribution >= 4 is 17.6 Å². The highest BCUT2D eigenvalue weighted by Gasteiger charge is 2.09. The molecular formula is C9H16N4S. The Hall–Kier alpha value is -0.810. The fourth-order valence-electron chi connectivity index (χ4n) is 0.809. The summed E-state index contributed by atoms with van der Waals surface area (Å²) in [6.07, 6.45) is 1.52. The largest absolute Gasteiger partial charge is 0.308 e. The van der Waals surface area contributed by atoms with Crippen LogP contribution in [-0.2, 0) is 0 Å². The second kappa shape index (κ2) is 5.17. The van der Waals surface area contributed by atoms with E-state index in [0.717, 1.165) is 5.03 Å². The van der Waals surface area contributed by atoms with Crippen molar-refractivity contribution in [3.63, 3.8) is 0 Å². The molecule has 1 unspecified atom stereocenters. The minimum Gasteiger partial charge on any atom is -0.308 e. The lowest BCUT2D eigenvalue weighted by Gasteiger charge is -2.14. The molecule has 14 heavy (non-hydrogen) atoms. The molecule has 0 radical (unpaired) electrons. The van der Waals surface area contributed by atoms with Crippen molar-refractivity contribution in [1.29, 1.82) is 0 Å². The number of nitrogen functional groups attached to an aromatic ring is 1. The molecule has 78 valence electrons. The smallest absolute Gasteiger partial charge is 0.144 e. The van der Waals surface area contributed by atoms with E-state index in [1.165, 1.54) is 6.33 Å². The van der Waals surface area contributed by atoms with E-state index in [-0.39, 0.29) is 0 Å². The summed E-state index contributed by atoms with van der Waals surface area (Å²) in [6, 6.07) is 1.85. The summed E-state index contributed by atoms with van der Waals surface area (Å²) in [5.41, 5.74) is 2.51. The molecule has 1 heterocycles. The number of hydrogen-bond donors (Lipinski definition) is 2. The van der Waals surface area contributed by atoms with Crippen LogP contribution in [0.4, 0.5) is 5.82 Å². The van der Waals surface area contributed by atoms with Gasteiger partial charge < -0.3 is 5.43 Å². The Morgan fingerprint density at radius 1 is 1.36 bits per heavy atom. The SMILES string of the molecule is CC(C)C(C)Sc1cc(NN)ncn1. The van der Waals surface area contributed by atoms with E-state index in [4.69, 9.17) is 5.84 Å². The molecule has 0 spiro atoms. The van der Waals surface area contributed by atoms with E-state index < -0.39 is 0 Å². The Morgan fingerprint density at radius 2 is 2.07 bits per heavy atom. The van der Waals surface area contributed by atoms with Crippen molar-refractivity contribution in [1.82, 2.24) is 9.97 Å². The van der Waals surface area contributed by atoms with E-state index in [0.29, 0.717) is 17.0 Å². The monoisotopic (exact) mass is 212 g/mol. The predicted octanol–water partition coefficient (Wildman–Crippen LogP) is 1.90. The van der Waals surface area contributed by atoms with E-state index in [1.54, 1.807) is 11.8 Å². The Morgan fingerprint density at radius 3 is 2.64 bits per heavy atom. The molecule has 3 N–H and O–H groups in total. The van der Waals surface area contributed by atoms with Crippen molar-refractivity contribution in [2.75, 3.05) is 5.43 Å². The van der Waals surface area contributed by atoms with Crippen LogP contribution in [0.1, 0.15) is 20.8 Å². The lowest BCUT2D eigenvalue weighted by atomic mass is 10.2. The fraction of sp³-hybridized carbons (Fsp3) is 0.556. The van der Waals surface area contributed by atoms with Crippen LogP contribution in [0.15, 0.2) is 17.4 Å².